The first-order chi connectivity index (χ1) is 13.8. The van der Waals surface area contributed by atoms with Crippen LogP contribution in [0, 0.1) is 0 Å². The number of hydrogen-bond donors (Lipinski definition) is 0. The Bertz CT molecular complexity index is 827. The van der Waals surface area contributed by atoms with Gasteiger partial charge in [-0.25, -0.2) is 13.2 Å². The fourth-order valence-electron chi connectivity index (χ4n) is 4.45. The monoisotopic (exact) mass is 421 g/mol. The van der Waals surface area contributed by atoms with Gasteiger partial charge in [-0.1, -0.05) is 31.4 Å². The molecule has 0 unspecified atom stereocenters. The summed E-state index contributed by atoms with van der Waals surface area (Å²) in [4.78, 5) is 26.8. The molecule has 2 atom stereocenters. The molecule has 0 N–H and O–H groups in total. The van der Waals surface area contributed by atoms with Crippen molar-refractivity contribution in [2.45, 2.75) is 70.4 Å². The SMILES string of the molecule is CCN(C(=O)[C@@H](C)OC(=O)c1ccc(C2CCCCC2)cc1)[C@H]1CCS(=O)(=O)C1. The van der Waals surface area contributed by atoms with E-state index in [9.17, 15) is 18.0 Å². The third-order valence-corrected chi connectivity index (χ3v) is 7.88. The Morgan fingerprint density at radius 3 is 2.31 bits per heavy atom. The molecule has 0 aromatic heterocycles. The number of hydrogen-bond acceptors (Lipinski definition) is 5. The Kier molecular flexibility index (Phi) is 6.98. The summed E-state index contributed by atoms with van der Waals surface area (Å²) in [6.07, 6.45) is 5.68. The first-order valence-electron chi connectivity index (χ1n) is 10.6. The van der Waals surface area contributed by atoms with Gasteiger partial charge < -0.3 is 9.64 Å². The number of ether oxygens (including phenoxy) is 1. The van der Waals surface area contributed by atoms with Gasteiger partial charge in [-0.05, 0) is 56.7 Å². The third-order valence-electron chi connectivity index (χ3n) is 6.13. The van der Waals surface area contributed by atoms with Crippen LogP contribution >= 0.6 is 0 Å². The molecule has 2 aliphatic rings. The van der Waals surface area contributed by atoms with Crippen molar-refractivity contribution in [3.8, 4) is 0 Å². The molecule has 2 fully saturated rings. The van der Waals surface area contributed by atoms with Crippen LogP contribution in [-0.2, 0) is 19.4 Å². The summed E-state index contributed by atoms with van der Waals surface area (Å²) in [7, 11) is -3.09. The highest BCUT2D eigenvalue weighted by Gasteiger charge is 2.36. The van der Waals surface area contributed by atoms with Gasteiger partial charge in [-0.3, -0.25) is 4.79 Å². The molecule has 1 amide bonds. The first-order valence-corrected chi connectivity index (χ1v) is 12.4. The summed E-state index contributed by atoms with van der Waals surface area (Å²) in [6.45, 7) is 3.74. The van der Waals surface area contributed by atoms with E-state index in [4.69, 9.17) is 4.74 Å². The molecule has 0 radical (unpaired) electrons. The minimum absolute atomic E-state index is 0.0180. The lowest BCUT2D eigenvalue weighted by Crippen LogP contribution is -2.46. The molecule has 29 heavy (non-hydrogen) atoms. The van der Waals surface area contributed by atoms with E-state index in [1.54, 1.807) is 26.0 Å². The zero-order chi connectivity index (χ0) is 21.0. The van der Waals surface area contributed by atoms with Crippen molar-refractivity contribution in [2.75, 3.05) is 18.1 Å². The smallest absolute Gasteiger partial charge is 0.338 e. The number of benzene rings is 1. The molecule has 0 bridgehead atoms. The van der Waals surface area contributed by atoms with E-state index < -0.39 is 21.9 Å². The summed E-state index contributed by atoms with van der Waals surface area (Å²) >= 11 is 0. The molecule has 1 aromatic rings. The minimum atomic E-state index is -3.09. The summed E-state index contributed by atoms with van der Waals surface area (Å²) < 4.78 is 28.9. The molecule has 3 rings (SSSR count). The van der Waals surface area contributed by atoms with Crippen molar-refractivity contribution in [3.05, 3.63) is 35.4 Å². The van der Waals surface area contributed by atoms with Crippen LogP contribution in [0.25, 0.3) is 0 Å². The number of carbonyl (C=O) groups is 2. The predicted molar refractivity (Wildman–Crippen MR) is 112 cm³/mol. The second-order valence-electron chi connectivity index (χ2n) is 8.19. The van der Waals surface area contributed by atoms with Crippen molar-refractivity contribution in [3.63, 3.8) is 0 Å². The summed E-state index contributed by atoms with van der Waals surface area (Å²) in [6, 6.07) is 7.17. The molecule has 1 aliphatic heterocycles. The zero-order valence-corrected chi connectivity index (χ0v) is 18.1. The summed E-state index contributed by atoms with van der Waals surface area (Å²) in [5.74, 6) is -0.230. The average molecular weight is 422 g/mol. The fraction of sp³-hybridized carbons (Fsp3) is 0.636. The Morgan fingerprint density at radius 1 is 1.10 bits per heavy atom. The van der Waals surface area contributed by atoms with E-state index in [1.807, 2.05) is 12.1 Å². The first kappa shape index (κ1) is 21.8. The third kappa shape index (κ3) is 5.38. The van der Waals surface area contributed by atoms with Gasteiger partial charge in [0.1, 0.15) is 0 Å². The van der Waals surface area contributed by atoms with E-state index in [-0.39, 0.29) is 23.5 Å². The number of rotatable bonds is 6. The highest BCUT2D eigenvalue weighted by atomic mass is 32.2. The Labute approximate surface area is 173 Å². The lowest BCUT2D eigenvalue weighted by Gasteiger charge is -2.29. The van der Waals surface area contributed by atoms with Crippen LogP contribution in [0.4, 0.5) is 0 Å². The van der Waals surface area contributed by atoms with Gasteiger partial charge in [0.15, 0.2) is 15.9 Å². The molecule has 1 heterocycles. The molecule has 7 heteroatoms. The van der Waals surface area contributed by atoms with Crippen LogP contribution < -0.4 is 0 Å². The van der Waals surface area contributed by atoms with Crippen LogP contribution in [0.1, 0.15) is 74.2 Å². The van der Waals surface area contributed by atoms with E-state index in [2.05, 4.69) is 0 Å². The van der Waals surface area contributed by atoms with E-state index in [1.165, 1.54) is 42.6 Å². The molecule has 1 saturated heterocycles. The number of carbonyl (C=O) groups excluding carboxylic acids is 2. The Morgan fingerprint density at radius 2 is 1.76 bits per heavy atom. The Balaban J connectivity index is 1.59. The second kappa shape index (κ2) is 9.28. The van der Waals surface area contributed by atoms with Crippen LogP contribution in [0.2, 0.25) is 0 Å². The molecule has 160 valence electrons. The van der Waals surface area contributed by atoms with Gasteiger partial charge in [-0.2, -0.15) is 0 Å². The molecule has 1 saturated carbocycles. The topological polar surface area (TPSA) is 80.8 Å². The Hall–Kier alpha value is -1.89. The van der Waals surface area contributed by atoms with Crippen molar-refractivity contribution < 1.29 is 22.7 Å². The van der Waals surface area contributed by atoms with Crippen LogP contribution in [0.15, 0.2) is 24.3 Å². The minimum Gasteiger partial charge on any atom is -0.449 e. The number of esters is 1. The van der Waals surface area contributed by atoms with E-state index >= 15 is 0 Å². The van der Waals surface area contributed by atoms with Crippen molar-refractivity contribution in [1.82, 2.24) is 4.90 Å². The van der Waals surface area contributed by atoms with Crippen LogP contribution in [0.5, 0.6) is 0 Å². The zero-order valence-electron chi connectivity index (χ0n) is 17.3. The van der Waals surface area contributed by atoms with E-state index in [0.717, 1.165) is 0 Å². The standard InChI is InChI=1S/C22H31NO5S/c1-3-23(20-13-14-29(26,27)15-20)21(24)16(2)28-22(25)19-11-9-18(10-12-19)17-7-5-4-6-8-17/h9-12,16-17,20H,3-8,13-15H2,1-2H3/t16-,20+/m1/s1. The average Bonchev–Trinajstić information content (AvgIpc) is 3.08. The van der Waals surface area contributed by atoms with Crippen LogP contribution in [0.3, 0.4) is 0 Å². The highest BCUT2D eigenvalue weighted by Crippen LogP contribution is 2.32. The quantitative estimate of drug-likeness (QED) is 0.658. The van der Waals surface area contributed by atoms with Crippen molar-refractivity contribution >= 4 is 21.7 Å². The van der Waals surface area contributed by atoms with Gasteiger partial charge in [0.05, 0.1) is 17.1 Å². The molecular weight excluding hydrogens is 390 g/mol. The lowest BCUT2D eigenvalue weighted by atomic mass is 9.84. The highest BCUT2D eigenvalue weighted by molar-refractivity contribution is 7.91. The van der Waals surface area contributed by atoms with Gasteiger partial charge in [0.25, 0.3) is 5.91 Å². The molecule has 0 spiro atoms. The molecular formula is C22H31NO5S. The van der Waals surface area contributed by atoms with E-state index in [0.29, 0.717) is 24.4 Å². The molecule has 1 aliphatic carbocycles. The number of sulfone groups is 1. The van der Waals surface area contributed by atoms with Crippen molar-refractivity contribution in [1.29, 1.82) is 0 Å². The second-order valence-corrected chi connectivity index (χ2v) is 10.4. The largest absolute Gasteiger partial charge is 0.449 e. The van der Waals surface area contributed by atoms with Crippen LogP contribution in [-0.4, -0.2) is 55.4 Å². The number of amides is 1. The maximum Gasteiger partial charge on any atom is 0.338 e. The van der Waals surface area contributed by atoms with Crippen molar-refractivity contribution in [2.24, 2.45) is 0 Å². The predicted octanol–water partition coefficient (Wildman–Crippen LogP) is 3.32. The lowest BCUT2D eigenvalue weighted by molar-refractivity contribution is -0.141. The molecule has 6 nitrogen and oxygen atoms in total. The number of nitrogens with zero attached hydrogens (tertiary/aromatic N) is 1. The molecule has 1 aromatic carbocycles. The van der Waals surface area contributed by atoms with Gasteiger partial charge in [0, 0.05) is 12.6 Å². The van der Waals surface area contributed by atoms with Gasteiger partial charge in [-0.15, -0.1) is 0 Å². The van der Waals surface area contributed by atoms with Gasteiger partial charge >= 0.3 is 5.97 Å². The normalized spacial score (nSPS) is 22.8. The van der Waals surface area contributed by atoms with Gasteiger partial charge in [0.2, 0.25) is 0 Å². The maximum absolute atomic E-state index is 12.8. The fourth-order valence-corrected chi connectivity index (χ4v) is 6.19. The maximum atomic E-state index is 12.8. The number of likely N-dealkylation sites (N-methyl/N-ethyl adjacent to an activating group) is 1. The summed E-state index contributed by atoms with van der Waals surface area (Å²) in [5, 5.41) is 0. The summed E-state index contributed by atoms with van der Waals surface area (Å²) in [5.41, 5.74) is 1.68.